The lowest BCUT2D eigenvalue weighted by Crippen LogP contribution is -2.09. The van der Waals surface area contributed by atoms with Crippen molar-refractivity contribution in [2.45, 2.75) is 12.8 Å². The van der Waals surface area contributed by atoms with E-state index in [0.29, 0.717) is 13.0 Å². The van der Waals surface area contributed by atoms with Gasteiger partial charge in [-0.05, 0) is 25.5 Å². The van der Waals surface area contributed by atoms with Crippen molar-refractivity contribution in [2.75, 3.05) is 25.5 Å². The van der Waals surface area contributed by atoms with Crippen LogP contribution in [0.3, 0.4) is 0 Å². The van der Waals surface area contributed by atoms with E-state index in [0.717, 1.165) is 17.7 Å². The summed E-state index contributed by atoms with van der Waals surface area (Å²) in [5, 5.41) is 10.9. The van der Waals surface area contributed by atoms with Crippen LogP contribution in [-0.2, 0) is 6.42 Å². The summed E-state index contributed by atoms with van der Waals surface area (Å²) in [6, 6.07) is 5.30. The van der Waals surface area contributed by atoms with Gasteiger partial charge in [0.05, 0.1) is 4.92 Å². The quantitative estimate of drug-likeness (QED) is 0.607. The first-order chi connectivity index (χ1) is 7.56. The Morgan fingerprint density at radius 2 is 2.12 bits per heavy atom. The first kappa shape index (κ1) is 12.4. The lowest BCUT2D eigenvalue weighted by molar-refractivity contribution is -0.385. The fourth-order valence-electron chi connectivity index (χ4n) is 1.50. The smallest absolute Gasteiger partial charge is 0.274 e. The highest BCUT2D eigenvalue weighted by molar-refractivity contribution is 5.56. The Bertz CT molecular complexity index is 377. The zero-order valence-corrected chi connectivity index (χ0v) is 9.64. The normalized spacial score (nSPS) is 10.2. The van der Waals surface area contributed by atoms with Crippen LogP contribution in [0.1, 0.15) is 12.0 Å². The summed E-state index contributed by atoms with van der Waals surface area (Å²) in [5.74, 6) is 0. The summed E-state index contributed by atoms with van der Waals surface area (Å²) in [5.41, 5.74) is 7.17. The van der Waals surface area contributed by atoms with Crippen LogP contribution >= 0.6 is 0 Å². The second-order valence-corrected chi connectivity index (χ2v) is 3.86. The van der Waals surface area contributed by atoms with E-state index in [-0.39, 0.29) is 10.6 Å². The van der Waals surface area contributed by atoms with E-state index in [9.17, 15) is 10.1 Å². The van der Waals surface area contributed by atoms with Gasteiger partial charge in [-0.3, -0.25) is 10.1 Å². The van der Waals surface area contributed by atoms with Crippen LogP contribution in [0.2, 0.25) is 0 Å². The number of nitrogens with two attached hydrogens (primary N) is 1. The van der Waals surface area contributed by atoms with E-state index < -0.39 is 0 Å². The lowest BCUT2D eigenvalue weighted by Gasteiger charge is -2.13. The summed E-state index contributed by atoms with van der Waals surface area (Å²) in [6.07, 6.45) is 1.42. The Hall–Kier alpha value is -1.62. The van der Waals surface area contributed by atoms with Gasteiger partial charge in [-0.2, -0.15) is 0 Å². The van der Waals surface area contributed by atoms with Crippen LogP contribution in [-0.4, -0.2) is 25.6 Å². The van der Waals surface area contributed by atoms with Crippen LogP contribution in [0.25, 0.3) is 0 Å². The van der Waals surface area contributed by atoms with Gasteiger partial charge in [-0.25, -0.2) is 0 Å². The van der Waals surface area contributed by atoms with Gasteiger partial charge in [0.15, 0.2) is 0 Å². The largest absolute Gasteiger partial charge is 0.377 e. The minimum atomic E-state index is -0.334. The summed E-state index contributed by atoms with van der Waals surface area (Å²) >= 11 is 0. The van der Waals surface area contributed by atoms with E-state index in [2.05, 4.69) is 0 Å². The number of aryl methyl sites for hydroxylation is 1. The molecule has 88 valence electrons. The van der Waals surface area contributed by atoms with Crippen LogP contribution < -0.4 is 10.6 Å². The maximum Gasteiger partial charge on any atom is 0.274 e. The highest BCUT2D eigenvalue weighted by Crippen LogP contribution is 2.25. The number of nitro benzene ring substituents is 1. The summed E-state index contributed by atoms with van der Waals surface area (Å²) in [4.78, 5) is 12.4. The van der Waals surface area contributed by atoms with Crippen molar-refractivity contribution < 1.29 is 4.92 Å². The molecular formula is C11H17N3O2. The van der Waals surface area contributed by atoms with Gasteiger partial charge in [-0.15, -0.1) is 0 Å². The molecule has 0 amide bonds. The topological polar surface area (TPSA) is 72.4 Å². The standard InChI is InChI=1S/C11H17N3O2/c1-13(2)10-6-5-9(4-3-7-12)11(8-10)14(15)16/h5-6,8H,3-4,7,12H2,1-2H3. The molecule has 5 nitrogen and oxygen atoms in total. The van der Waals surface area contributed by atoms with E-state index in [1.165, 1.54) is 0 Å². The van der Waals surface area contributed by atoms with Crippen molar-refractivity contribution in [3.8, 4) is 0 Å². The molecule has 0 aromatic heterocycles. The first-order valence-electron chi connectivity index (χ1n) is 5.21. The van der Waals surface area contributed by atoms with Crippen molar-refractivity contribution in [3.63, 3.8) is 0 Å². The predicted molar refractivity (Wildman–Crippen MR) is 64.8 cm³/mol. The number of nitrogens with zero attached hydrogens (tertiary/aromatic N) is 2. The summed E-state index contributed by atoms with van der Waals surface area (Å²) in [7, 11) is 3.72. The third-order valence-electron chi connectivity index (χ3n) is 2.43. The maximum absolute atomic E-state index is 10.9. The molecule has 1 aromatic rings. The molecule has 0 unspecified atom stereocenters. The molecule has 0 aliphatic carbocycles. The van der Waals surface area contributed by atoms with E-state index in [1.807, 2.05) is 31.1 Å². The predicted octanol–water partition coefficient (Wildman–Crippen LogP) is 1.55. The van der Waals surface area contributed by atoms with Gasteiger partial charge in [0.25, 0.3) is 5.69 Å². The molecule has 0 saturated heterocycles. The molecule has 0 fully saturated rings. The van der Waals surface area contributed by atoms with Crippen LogP contribution in [0.4, 0.5) is 11.4 Å². The molecule has 0 saturated carbocycles. The Morgan fingerprint density at radius 1 is 1.44 bits per heavy atom. The Morgan fingerprint density at radius 3 is 2.62 bits per heavy atom. The van der Waals surface area contributed by atoms with Gasteiger partial charge < -0.3 is 10.6 Å². The van der Waals surface area contributed by atoms with Gasteiger partial charge in [-0.1, -0.05) is 6.07 Å². The van der Waals surface area contributed by atoms with Gasteiger partial charge in [0.1, 0.15) is 0 Å². The SMILES string of the molecule is CN(C)c1ccc(CCCN)c([N+](=O)[O-])c1. The van der Waals surface area contributed by atoms with Gasteiger partial charge in [0.2, 0.25) is 0 Å². The minimum absolute atomic E-state index is 0.180. The van der Waals surface area contributed by atoms with Crippen molar-refractivity contribution >= 4 is 11.4 Å². The number of nitro groups is 1. The van der Waals surface area contributed by atoms with Crippen molar-refractivity contribution in [1.82, 2.24) is 0 Å². The number of benzene rings is 1. The average Bonchev–Trinajstić information content (AvgIpc) is 2.25. The van der Waals surface area contributed by atoms with E-state index in [4.69, 9.17) is 5.73 Å². The van der Waals surface area contributed by atoms with Gasteiger partial charge >= 0.3 is 0 Å². The Balaban J connectivity index is 3.04. The second kappa shape index (κ2) is 5.46. The number of hydrogen-bond donors (Lipinski definition) is 1. The third-order valence-corrected chi connectivity index (χ3v) is 2.43. The van der Waals surface area contributed by atoms with Crippen molar-refractivity contribution in [1.29, 1.82) is 0 Å². The lowest BCUT2D eigenvalue weighted by atomic mass is 10.1. The molecule has 2 N–H and O–H groups in total. The number of hydrogen-bond acceptors (Lipinski definition) is 4. The monoisotopic (exact) mass is 223 g/mol. The Labute approximate surface area is 95.0 Å². The molecular weight excluding hydrogens is 206 g/mol. The molecule has 0 aliphatic rings. The molecule has 0 bridgehead atoms. The number of rotatable bonds is 5. The van der Waals surface area contributed by atoms with Crippen LogP contribution in [0.15, 0.2) is 18.2 Å². The molecule has 1 rings (SSSR count). The van der Waals surface area contributed by atoms with E-state index in [1.54, 1.807) is 6.07 Å². The summed E-state index contributed by atoms with van der Waals surface area (Å²) < 4.78 is 0. The minimum Gasteiger partial charge on any atom is -0.377 e. The van der Waals surface area contributed by atoms with E-state index >= 15 is 0 Å². The third kappa shape index (κ3) is 2.93. The molecule has 0 radical (unpaired) electrons. The maximum atomic E-state index is 10.9. The molecule has 0 heterocycles. The Kier molecular flexibility index (Phi) is 4.25. The molecule has 0 aliphatic heterocycles. The summed E-state index contributed by atoms with van der Waals surface area (Å²) in [6.45, 7) is 0.548. The second-order valence-electron chi connectivity index (χ2n) is 3.86. The molecule has 16 heavy (non-hydrogen) atoms. The number of anilines is 1. The molecule has 1 aromatic carbocycles. The zero-order valence-electron chi connectivity index (χ0n) is 9.64. The average molecular weight is 223 g/mol. The van der Waals surface area contributed by atoms with Crippen LogP contribution in [0.5, 0.6) is 0 Å². The highest BCUT2D eigenvalue weighted by Gasteiger charge is 2.14. The van der Waals surface area contributed by atoms with Gasteiger partial charge in [0, 0.05) is 31.4 Å². The van der Waals surface area contributed by atoms with Crippen LogP contribution in [0, 0.1) is 10.1 Å². The highest BCUT2D eigenvalue weighted by atomic mass is 16.6. The van der Waals surface area contributed by atoms with Crippen molar-refractivity contribution in [3.05, 3.63) is 33.9 Å². The first-order valence-corrected chi connectivity index (χ1v) is 5.21. The zero-order chi connectivity index (χ0) is 12.1. The molecule has 0 spiro atoms. The fourth-order valence-corrected chi connectivity index (χ4v) is 1.50. The molecule has 5 heteroatoms. The molecule has 0 atom stereocenters. The fraction of sp³-hybridized carbons (Fsp3) is 0.455. The van der Waals surface area contributed by atoms with Crippen molar-refractivity contribution in [2.24, 2.45) is 5.73 Å².